The molecular formula is C16H21ClN2O. The summed E-state index contributed by atoms with van der Waals surface area (Å²) >= 11 is 6.12. The lowest BCUT2D eigenvalue weighted by Crippen LogP contribution is -2.09. The molecule has 20 heavy (non-hydrogen) atoms. The van der Waals surface area contributed by atoms with Crippen LogP contribution in [-0.4, -0.2) is 22.8 Å². The molecule has 0 saturated carbocycles. The van der Waals surface area contributed by atoms with Gasteiger partial charge in [0.2, 0.25) is 0 Å². The van der Waals surface area contributed by atoms with E-state index in [4.69, 9.17) is 16.3 Å². The van der Waals surface area contributed by atoms with Crippen molar-refractivity contribution in [2.24, 2.45) is 13.0 Å². The maximum atomic E-state index is 6.12. The summed E-state index contributed by atoms with van der Waals surface area (Å²) in [5.41, 5.74) is 2.53. The molecule has 0 saturated heterocycles. The van der Waals surface area contributed by atoms with Gasteiger partial charge in [0.05, 0.1) is 7.11 Å². The summed E-state index contributed by atoms with van der Waals surface area (Å²) in [7, 11) is 3.67. The van der Waals surface area contributed by atoms with E-state index in [-0.39, 0.29) is 0 Å². The molecular weight excluding hydrogens is 272 g/mol. The van der Waals surface area contributed by atoms with Gasteiger partial charge in [-0.1, -0.05) is 12.1 Å². The van der Waals surface area contributed by atoms with Crippen molar-refractivity contribution in [1.82, 2.24) is 9.78 Å². The second-order valence-corrected chi connectivity index (χ2v) is 5.37. The number of ether oxygens (including phenoxy) is 1. The van der Waals surface area contributed by atoms with E-state index in [1.165, 1.54) is 11.3 Å². The lowest BCUT2D eigenvalue weighted by molar-refractivity contribution is 0.413. The van der Waals surface area contributed by atoms with Crippen LogP contribution in [0.2, 0.25) is 0 Å². The molecule has 1 heterocycles. The normalized spacial score (nSPS) is 12.3. The fourth-order valence-corrected chi connectivity index (χ4v) is 2.63. The molecule has 4 heteroatoms. The lowest BCUT2D eigenvalue weighted by atomic mass is 9.95. The summed E-state index contributed by atoms with van der Waals surface area (Å²) in [6.45, 7) is 0. The summed E-state index contributed by atoms with van der Waals surface area (Å²) < 4.78 is 7.19. The van der Waals surface area contributed by atoms with Crippen LogP contribution in [0.4, 0.5) is 0 Å². The number of hydrogen-bond donors (Lipinski definition) is 0. The Bertz CT molecular complexity index is 539. The summed E-state index contributed by atoms with van der Waals surface area (Å²) in [6, 6.07) is 10.3. The molecule has 2 rings (SSSR count). The summed E-state index contributed by atoms with van der Waals surface area (Å²) in [4.78, 5) is 0. The van der Waals surface area contributed by atoms with Gasteiger partial charge in [-0.3, -0.25) is 4.68 Å². The van der Waals surface area contributed by atoms with Gasteiger partial charge in [-0.25, -0.2) is 0 Å². The Kier molecular flexibility index (Phi) is 5.48. The highest BCUT2D eigenvalue weighted by Crippen LogP contribution is 2.20. The first kappa shape index (κ1) is 14.9. The minimum atomic E-state index is 0.471. The average Bonchev–Trinajstić information content (AvgIpc) is 2.89. The molecule has 2 aromatic rings. The van der Waals surface area contributed by atoms with E-state index in [9.17, 15) is 0 Å². The molecule has 0 N–H and O–H groups in total. The van der Waals surface area contributed by atoms with E-state index in [2.05, 4.69) is 23.3 Å². The average molecular weight is 293 g/mol. The van der Waals surface area contributed by atoms with E-state index in [1.807, 2.05) is 30.1 Å². The van der Waals surface area contributed by atoms with Gasteiger partial charge >= 0.3 is 0 Å². The molecule has 108 valence electrons. The van der Waals surface area contributed by atoms with Crippen molar-refractivity contribution in [2.75, 3.05) is 13.0 Å². The fourth-order valence-electron chi connectivity index (χ4n) is 2.37. The van der Waals surface area contributed by atoms with Crippen LogP contribution in [0.5, 0.6) is 5.75 Å². The molecule has 0 spiro atoms. The molecule has 0 aliphatic carbocycles. The Morgan fingerprint density at radius 1 is 1.35 bits per heavy atom. The first-order valence-corrected chi connectivity index (χ1v) is 7.42. The summed E-state index contributed by atoms with van der Waals surface area (Å²) in [6.07, 6.45) is 4.91. The number of halogens is 1. The lowest BCUT2D eigenvalue weighted by Gasteiger charge is -2.14. The van der Waals surface area contributed by atoms with Crippen LogP contribution >= 0.6 is 11.6 Å². The van der Waals surface area contributed by atoms with Crippen molar-refractivity contribution >= 4 is 11.6 Å². The minimum Gasteiger partial charge on any atom is -0.497 e. The van der Waals surface area contributed by atoms with Crippen molar-refractivity contribution in [1.29, 1.82) is 0 Å². The minimum absolute atomic E-state index is 0.471. The van der Waals surface area contributed by atoms with Gasteiger partial charge < -0.3 is 4.74 Å². The molecule has 1 unspecified atom stereocenters. The van der Waals surface area contributed by atoms with Gasteiger partial charge in [0.25, 0.3) is 0 Å². The second kappa shape index (κ2) is 7.34. The van der Waals surface area contributed by atoms with Crippen LogP contribution in [0.3, 0.4) is 0 Å². The maximum absolute atomic E-state index is 6.12. The van der Waals surface area contributed by atoms with Gasteiger partial charge in [-0.05, 0) is 48.9 Å². The zero-order valence-corrected chi connectivity index (χ0v) is 12.8. The first-order chi connectivity index (χ1) is 9.72. The van der Waals surface area contributed by atoms with Crippen molar-refractivity contribution in [2.45, 2.75) is 19.3 Å². The van der Waals surface area contributed by atoms with Crippen molar-refractivity contribution < 1.29 is 4.74 Å². The van der Waals surface area contributed by atoms with E-state index in [0.717, 1.165) is 25.0 Å². The Labute approximate surface area is 125 Å². The second-order valence-electron chi connectivity index (χ2n) is 5.06. The largest absolute Gasteiger partial charge is 0.497 e. The fraction of sp³-hybridized carbons (Fsp3) is 0.438. The van der Waals surface area contributed by atoms with E-state index < -0.39 is 0 Å². The Morgan fingerprint density at radius 3 is 2.85 bits per heavy atom. The highest BCUT2D eigenvalue weighted by atomic mass is 35.5. The van der Waals surface area contributed by atoms with Crippen LogP contribution in [0.25, 0.3) is 0 Å². The molecule has 1 atom stereocenters. The molecule has 1 aromatic carbocycles. The highest BCUT2D eigenvalue weighted by molar-refractivity contribution is 6.18. The number of aromatic nitrogens is 2. The smallest absolute Gasteiger partial charge is 0.119 e. The monoisotopic (exact) mass is 292 g/mol. The van der Waals surface area contributed by atoms with Gasteiger partial charge in [0, 0.05) is 24.8 Å². The predicted molar refractivity (Wildman–Crippen MR) is 82.4 cm³/mol. The predicted octanol–water partition coefficient (Wildman–Crippen LogP) is 3.46. The molecule has 0 aliphatic heterocycles. The Morgan fingerprint density at radius 2 is 2.20 bits per heavy atom. The van der Waals surface area contributed by atoms with Crippen molar-refractivity contribution in [3.63, 3.8) is 0 Å². The summed E-state index contributed by atoms with van der Waals surface area (Å²) in [5, 5.41) is 4.19. The number of benzene rings is 1. The van der Waals surface area contributed by atoms with E-state index >= 15 is 0 Å². The third-order valence-electron chi connectivity index (χ3n) is 3.61. The van der Waals surface area contributed by atoms with Gasteiger partial charge in [0.1, 0.15) is 5.75 Å². The molecule has 0 amide bonds. The number of hydrogen-bond acceptors (Lipinski definition) is 2. The Balaban J connectivity index is 1.93. The van der Waals surface area contributed by atoms with Crippen LogP contribution in [0.15, 0.2) is 36.5 Å². The van der Waals surface area contributed by atoms with Gasteiger partial charge in [0.15, 0.2) is 0 Å². The quantitative estimate of drug-likeness (QED) is 0.731. The zero-order valence-electron chi connectivity index (χ0n) is 12.1. The molecule has 0 bridgehead atoms. The van der Waals surface area contributed by atoms with E-state index in [0.29, 0.717) is 11.8 Å². The van der Waals surface area contributed by atoms with Crippen molar-refractivity contribution in [3.05, 3.63) is 47.8 Å². The molecule has 1 aromatic heterocycles. The number of aryl methyl sites for hydroxylation is 2. The van der Waals surface area contributed by atoms with Crippen LogP contribution < -0.4 is 4.74 Å². The number of methoxy groups -OCH3 is 1. The molecule has 0 radical (unpaired) electrons. The third-order valence-corrected chi connectivity index (χ3v) is 4.04. The Hall–Kier alpha value is -1.48. The zero-order chi connectivity index (χ0) is 14.4. The number of alkyl halides is 1. The van der Waals surface area contributed by atoms with Crippen LogP contribution in [-0.2, 0) is 19.9 Å². The molecule has 0 fully saturated rings. The number of rotatable bonds is 7. The van der Waals surface area contributed by atoms with Crippen LogP contribution in [0.1, 0.15) is 17.7 Å². The van der Waals surface area contributed by atoms with E-state index in [1.54, 1.807) is 7.11 Å². The summed E-state index contributed by atoms with van der Waals surface area (Å²) in [5.74, 6) is 2.05. The topological polar surface area (TPSA) is 27.1 Å². The number of nitrogens with zero attached hydrogens (tertiary/aromatic N) is 2. The molecule has 0 aliphatic rings. The standard InChI is InChI=1S/C16H21ClN2O/c1-19-15(8-9-18-19)7-6-14(12-17)10-13-4-3-5-16(11-13)20-2/h3-5,8-9,11,14H,6-7,10,12H2,1-2H3. The van der Waals surface area contributed by atoms with Gasteiger partial charge in [-0.15, -0.1) is 11.6 Å². The van der Waals surface area contributed by atoms with Crippen molar-refractivity contribution in [3.8, 4) is 5.75 Å². The third kappa shape index (κ3) is 4.01. The maximum Gasteiger partial charge on any atom is 0.119 e. The molecule has 3 nitrogen and oxygen atoms in total. The van der Waals surface area contributed by atoms with Crippen LogP contribution in [0, 0.1) is 5.92 Å². The van der Waals surface area contributed by atoms with Gasteiger partial charge in [-0.2, -0.15) is 5.10 Å². The first-order valence-electron chi connectivity index (χ1n) is 6.88. The SMILES string of the molecule is COc1cccc(CC(CCl)CCc2ccnn2C)c1. The highest BCUT2D eigenvalue weighted by Gasteiger charge is 2.11.